The maximum absolute atomic E-state index is 12.6. The van der Waals surface area contributed by atoms with Crippen molar-refractivity contribution < 1.29 is 9.21 Å². The third kappa shape index (κ3) is 3.80. The number of benzene rings is 1. The van der Waals surface area contributed by atoms with Crippen LogP contribution in [0.3, 0.4) is 0 Å². The summed E-state index contributed by atoms with van der Waals surface area (Å²) < 4.78 is 7.57. The third-order valence-corrected chi connectivity index (χ3v) is 6.47. The fraction of sp³-hybridized carbons (Fsp3) is 0.200. The van der Waals surface area contributed by atoms with Gasteiger partial charge in [0, 0.05) is 40.6 Å². The fourth-order valence-electron chi connectivity index (χ4n) is 3.15. The van der Waals surface area contributed by atoms with Crippen LogP contribution < -0.4 is 16.6 Å². The first-order valence-electron chi connectivity index (χ1n) is 9.05. The van der Waals surface area contributed by atoms with Crippen LogP contribution in [0, 0.1) is 6.92 Å². The van der Waals surface area contributed by atoms with E-state index in [4.69, 9.17) is 27.6 Å². The molecule has 0 bridgehead atoms. The summed E-state index contributed by atoms with van der Waals surface area (Å²) in [5.74, 6) is -0.375. The van der Waals surface area contributed by atoms with Gasteiger partial charge in [-0.3, -0.25) is 18.7 Å². The van der Waals surface area contributed by atoms with Gasteiger partial charge in [0.25, 0.3) is 5.56 Å². The standard InChI is InChI=1S/C20H16Cl2N4O4S/c1-9-12(21)4-10(5-13(9)22)14-8-31-19(23-14)24-15(27)6-11-7-30-18-16(11)17(28)25(2)20(29)26(18)3/h4-5,7-8H,6H2,1-3H3,(H,23,24,27). The first kappa shape index (κ1) is 21.4. The summed E-state index contributed by atoms with van der Waals surface area (Å²) in [5.41, 5.74) is 1.64. The van der Waals surface area contributed by atoms with Gasteiger partial charge in [-0.25, -0.2) is 9.78 Å². The molecular weight excluding hydrogens is 463 g/mol. The number of carbonyl (C=O) groups is 1. The number of aryl methyl sites for hydroxylation is 1. The van der Waals surface area contributed by atoms with Gasteiger partial charge < -0.3 is 9.73 Å². The summed E-state index contributed by atoms with van der Waals surface area (Å²) in [6, 6.07) is 3.53. The number of halogens is 2. The second kappa shape index (κ2) is 7.99. The Hall–Kier alpha value is -2.88. The largest absolute Gasteiger partial charge is 0.447 e. The quantitative estimate of drug-likeness (QED) is 0.481. The predicted octanol–water partition coefficient (Wildman–Crippen LogP) is 3.75. The predicted molar refractivity (Wildman–Crippen MR) is 121 cm³/mol. The van der Waals surface area contributed by atoms with Crippen molar-refractivity contribution in [2.75, 3.05) is 5.32 Å². The number of thiazole rings is 1. The van der Waals surface area contributed by atoms with Crippen LogP contribution in [-0.2, 0) is 25.3 Å². The minimum atomic E-state index is -0.515. The second-order valence-corrected chi connectivity index (χ2v) is 8.65. The number of carbonyl (C=O) groups excluding carboxylic acids is 1. The summed E-state index contributed by atoms with van der Waals surface area (Å²) >= 11 is 13.6. The number of hydrogen-bond acceptors (Lipinski definition) is 6. The highest BCUT2D eigenvalue weighted by molar-refractivity contribution is 7.14. The maximum atomic E-state index is 12.6. The van der Waals surface area contributed by atoms with Crippen molar-refractivity contribution in [1.29, 1.82) is 0 Å². The minimum Gasteiger partial charge on any atom is -0.447 e. The van der Waals surface area contributed by atoms with Gasteiger partial charge in [-0.15, -0.1) is 11.3 Å². The van der Waals surface area contributed by atoms with E-state index < -0.39 is 11.2 Å². The number of amides is 1. The molecule has 31 heavy (non-hydrogen) atoms. The van der Waals surface area contributed by atoms with Gasteiger partial charge in [-0.05, 0) is 24.6 Å². The van der Waals surface area contributed by atoms with Gasteiger partial charge in [0.15, 0.2) is 5.13 Å². The molecule has 4 aromatic rings. The van der Waals surface area contributed by atoms with Crippen molar-refractivity contribution in [2.45, 2.75) is 13.3 Å². The van der Waals surface area contributed by atoms with Gasteiger partial charge in [0.05, 0.1) is 18.4 Å². The van der Waals surface area contributed by atoms with Crippen LogP contribution in [0.1, 0.15) is 11.1 Å². The zero-order chi connectivity index (χ0) is 22.4. The Morgan fingerprint density at radius 3 is 2.55 bits per heavy atom. The van der Waals surface area contributed by atoms with E-state index in [-0.39, 0.29) is 23.4 Å². The van der Waals surface area contributed by atoms with Crippen LogP contribution in [0.5, 0.6) is 0 Å². The Morgan fingerprint density at radius 2 is 1.87 bits per heavy atom. The molecule has 0 fully saturated rings. The first-order chi connectivity index (χ1) is 14.7. The topological polar surface area (TPSA) is 99.1 Å². The molecule has 0 unspecified atom stereocenters. The number of nitrogens with one attached hydrogen (secondary N) is 1. The van der Waals surface area contributed by atoms with E-state index in [1.54, 1.807) is 17.5 Å². The minimum absolute atomic E-state index is 0.114. The van der Waals surface area contributed by atoms with Gasteiger partial charge in [0.2, 0.25) is 11.6 Å². The summed E-state index contributed by atoms with van der Waals surface area (Å²) in [4.78, 5) is 41.5. The average Bonchev–Trinajstić information content (AvgIpc) is 3.36. The van der Waals surface area contributed by atoms with Crippen molar-refractivity contribution in [2.24, 2.45) is 14.1 Å². The highest BCUT2D eigenvalue weighted by Gasteiger charge is 2.19. The SMILES string of the molecule is Cc1c(Cl)cc(-c2csc(NC(=O)Cc3coc4c3c(=O)n(C)c(=O)n4C)n2)cc1Cl. The van der Waals surface area contributed by atoms with E-state index in [9.17, 15) is 14.4 Å². The molecule has 0 radical (unpaired) electrons. The average molecular weight is 479 g/mol. The van der Waals surface area contributed by atoms with E-state index in [1.165, 1.54) is 36.3 Å². The monoisotopic (exact) mass is 478 g/mol. The number of furan rings is 1. The Kier molecular flexibility index (Phi) is 5.50. The van der Waals surface area contributed by atoms with Crippen molar-refractivity contribution in [3.05, 3.63) is 65.8 Å². The van der Waals surface area contributed by atoms with E-state index >= 15 is 0 Å². The summed E-state index contributed by atoms with van der Waals surface area (Å²) in [5, 5.41) is 6.15. The lowest BCUT2D eigenvalue weighted by atomic mass is 10.1. The summed E-state index contributed by atoms with van der Waals surface area (Å²) in [7, 11) is 2.87. The highest BCUT2D eigenvalue weighted by Crippen LogP contribution is 2.32. The molecule has 3 heterocycles. The van der Waals surface area contributed by atoms with Gasteiger partial charge in [-0.2, -0.15) is 0 Å². The van der Waals surface area contributed by atoms with E-state index in [1.807, 2.05) is 6.92 Å². The number of rotatable bonds is 4. The van der Waals surface area contributed by atoms with Crippen molar-refractivity contribution in [1.82, 2.24) is 14.1 Å². The smallest absolute Gasteiger partial charge is 0.333 e. The molecular formula is C20H16Cl2N4O4S. The molecule has 1 aromatic carbocycles. The molecule has 0 atom stereocenters. The number of nitrogens with zero attached hydrogens (tertiary/aromatic N) is 3. The van der Waals surface area contributed by atoms with Crippen LogP contribution >= 0.6 is 34.5 Å². The zero-order valence-corrected chi connectivity index (χ0v) is 19.0. The zero-order valence-electron chi connectivity index (χ0n) is 16.7. The Morgan fingerprint density at radius 1 is 1.19 bits per heavy atom. The fourth-order valence-corrected chi connectivity index (χ4v) is 4.37. The number of anilines is 1. The molecule has 0 aliphatic rings. The lowest BCUT2D eigenvalue weighted by Gasteiger charge is -2.04. The van der Waals surface area contributed by atoms with Gasteiger partial charge in [-0.1, -0.05) is 23.2 Å². The molecule has 11 heteroatoms. The summed E-state index contributed by atoms with van der Waals surface area (Å²) in [6.45, 7) is 1.83. The third-order valence-electron chi connectivity index (χ3n) is 4.92. The Balaban J connectivity index is 1.57. The van der Waals surface area contributed by atoms with Crippen molar-refractivity contribution in [3.8, 4) is 11.3 Å². The molecule has 1 amide bonds. The molecule has 0 saturated heterocycles. The molecule has 0 aliphatic carbocycles. The molecule has 3 aromatic heterocycles. The summed E-state index contributed by atoms with van der Waals surface area (Å²) in [6.07, 6.45) is 1.20. The van der Waals surface area contributed by atoms with E-state index in [2.05, 4.69) is 10.3 Å². The Labute approximate surface area is 189 Å². The lowest BCUT2D eigenvalue weighted by Crippen LogP contribution is -2.36. The maximum Gasteiger partial charge on any atom is 0.333 e. The molecule has 1 N–H and O–H groups in total. The molecule has 0 saturated carbocycles. The Bertz CT molecular complexity index is 1440. The van der Waals surface area contributed by atoms with Crippen molar-refractivity contribution in [3.63, 3.8) is 0 Å². The van der Waals surface area contributed by atoms with Crippen molar-refractivity contribution >= 4 is 56.7 Å². The number of fused-ring (bicyclic) bond motifs is 1. The molecule has 0 spiro atoms. The highest BCUT2D eigenvalue weighted by atomic mass is 35.5. The van der Waals surface area contributed by atoms with Gasteiger partial charge >= 0.3 is 5.69 Å². The van der Waals surface area contributed by atoms with E-state index in [0.29, 0.717) is 26.4 Å². The normalized spacial score (nSPS) is 11.3. The first-order valence-corrected chi connectivity index (χ1v) is 10.7. The lowest BCUT2D eigenvalue weighted by molar-refractivity contribution is -0.115. The van der Waals surface area contributed by atoms with Crippen LogP contribution in [0.4, 0.5) is 5.13 Å². The molecule has 0 aliphatic heterocycles. The second-order valence-electron chi connectivity index (χ2n) is 6.97. The van der Waals surface area contributed by atoms with Crippen LogP contribution in [0.2, 0.25) is 10.0 Å². The molecule has 4 rings (SSSR count). The van der Waals surface area contributed by atoms with Gasteiger partial charge in [0.1, 0.15) is 5.39 Å². The number of hydrogen-bond donors (Lipinski definition) is 1. The molecule has 8 nitrogen and oxygen atoms in total. The van der Waals surface area contributed by atoms with E-state index in [0.717, 1.165) is 15.7 Å². The van der Waals surface area contributed by atoms with Crippen LogP contribution in [0.15, 0.2) is 37.8 Å². The number of aromatic nitrogens is 3. The van der Waals surface area contributed by atoms with Crippen LogP contribution in [-0.4, -0.2) is 20.0 Å². The molecule has 160 valence electrons. The van der Waals surface area contributed by atoms with Crippen LogP contribution in [0.25, 0.3) is 22.4 Å².